The van der Waals surface area contributed by atoms with Crippen LogP contribution in [0.2, 0.25) is 0 Å². The number of aryl methyl sites for hydroxylation is 1. The number of carbonyl (C=O) groups excluding carboxylic acids is 1. The van der Waals surface area contributed by atoms with Gasteiger partial charge < -0.3 is 14.8 Å². The van der Waals surface area contributed by atoms with Crippen LogP contribution in [-0.2, 0) is 11.0 Å². The van der Waals surface area contributed by atoms with Crippen molar-refractivity contribution in [1.29, 1.82) is 0 Å². The first-order valence-electron chi connectivity index (χ1n) is 8.92. The summed E-state index contributed by atoms with van der Waals surface area (Å²) in [6.45, 7) is 5.47. The topological polar surface area (TPSA) is 47.6 Å². The van der Waals surface area contributed by atoms with Crippen molar-refractivity contribution < 1.29 is 27.4 Å². The Kier molecular flexibility index (Phi) is 5.28. The smallest absolute Gasteiger partial charge is 0.416 e. The van der Waals surface area contributed by atoms with Gasteiger partial charge in [0.2, 0.25) is 0 Å². The number of hydrogen-bond donors (Lipinski definition) is 1. The Hall–Kier alpha value is -2.70. The van der Waals surface area contributed by atoms with Gasteiger partial charge in [0.05, 0.1) is 11.6 Å². The summed E-state index contributed by atoms with van der Waals surface area (Å²) in [4.78, 5) is 12.4. The minimum atomic E-state index is -4.46. The second-order valence-corrected chi connectivity index (χ2v) is 7.54. The third-order valence-electron chi connectivity index (χ3n) is 4.49. The predicted octanol–water partition coefficient (Wildman–Crippen LogP) is 4.81. The Bertz CT molecular complexity index is 877. The fourth-order valence-corrected chi connectivity index (χ4v) is 3.23. The number of carbonyl (C=O) groups is 1. The van der Waals surface area contributed by atoms with E-state index in [1.54, 1.807) is 0 Å². The number of amides is 1. The zero-order valence-corrected chi connectivity index (χ0v) is 15.9. The van der Waals surface area contributed by atoms with Crippen molar-refractivity contribution in [2.45, 2.75) is 45.0 Å². The molecule has 0 aromatic heterocycles. The standard InChI is InChI=1S/C21H22F3NO3/c1-13-7-8-16-17(11-20(2,3)28-18(16)9-13)25-19(26)12-27-15-6-4-5-14(10-15)21(22,23)24/h4-10,17H,11-12H2,1-3H3,(H,25,26)/t17-/m0/s1. The number of nitrogens with one attached hydrogen (secondary N) is 1. The van der Waals surface area contributed by atoms with Crippen molar-refractivity contribution in [3.05, 3.63) is 59.2 Å². The van der Waals surface area contributed by atoms with Crippen LogP contribution in [0.25, 0.3) is 0 Å². The summed E-state index contributed by atoms with van der Waals surface area (Å²) in [5, 5.41) is 2.90. The Labute approximate surface area is 161 Å². The van der Waals surface area contributed by atoms with E-state index < -0.39 is 23.2 Å². The molecule has 1 aliphatic rings. The molecule has 7 heteroatoms. The SMILES string of the molecule is Cc1ccc2c(c1)OC(C)(C)C[C@@H]2NC(=O)COc1cccc(C(F)(F)F)c1. The van der Waals surface area contributed by atoms with E-state index in [0.29, 0.717) is 6.42 Å². The van der Waals surface area contributed by atoms with E-state index in [9.17, 15) is 18.0 Å². The highest BCUT2D eigenvalue weighted by molar-refractivity contribution is 5.78. The molecule has 1 atom stereocenters. The van der Waals surface area contributed by atoms with Crippen molar-refractivity contribution in [2.24, 2.45) is 0 Å². The molecule has 150 valence electrons. The second kappa shape index (κ2) is 7.37. The van der Waals surface area contributed by atoms with E-state index in [0.717, 1.165) is 29.0 Å². The van der Waals surface area contributed by atoms with Crippen LogP contribution in [0.5, 0.6) is 11.5 Å². The van der Waals surface area contributed by atoms with Crippen LogP contribution in [0.4, 0.5) is 13.2 Å². The van der Waals surface area contributed by atoms with Crippen molar-refractivity contribution in [1.82, 2.24) is 5.32 Å². The maximum absolute atomic E-state index is 12.8. The summed E-state index contributed by atoms with van der Waals surface area (Å²) < 4.78 is 49.6. The second-order valence-electron chi connectivity index (χ2n) is 7.54. The Morgan fingerprint density at radius 3 is 2.71 bits per heavy atom. The zero-order valence-electron chi connectivity index (χ0n) is 15.9. The fourth-order valence-electron chi connectivity index (χ4n) is 3.23. The van der Waals surface area contributed by atoms with Gasteiger partial charge in [-0.2, -0.15) is 13.2 Å². The van der Waals surface area contributed by atoms with E-state index in [1.165, 1.54) is 12.1 Å². The summed E-state index contributed by atoms with van der Waals surface area (Å²) in [6.07, 6.45) is -3.89. The number of hydrogen-bond acceptors (Lipinski definition) is 3. The molecule has 0 unspecified atom stereocenters. The van der Waals surface area contributed by atoms with Crippen LogP contribution in [0.1, 0.15) is 43.0 Å². The van der Waals surface area contributed by atoms with E-state index in [1.807, 2.05) is 39.0 Å². The maximum Gasteiger partial charge on any atom is 0.416 e. The lowest BCUT2D eigenvalue weighted by atomic mass is 9.89. The van der Waals surface area contributed by atoms with Crippen molar-refractivity contribution >= 4 is 5.91 Å². The summed E-state index contributed by atoms with van der Waals surface area (Å²) in [5.41, 5.74) is 0.647. The molecule has 0 saturated heterocycles. The van der Waals surface area contributed by atoms with Crippen LogP contribution in [0.3, 0.4) is 0 Å². The molecule has 1 N–H and O–H groups in total. The van der Waals surface area contributed by atoms with E-state index >= 15 is 0 Å². The van der Waals surface area contributed by atoms with Gasteiger partial charge in [-0.05, 0) is 50.6 Å². The van der Waals surface area contributed by atoms with Crippen molar-refractivity contribution in [2.75, 3.05) is 6.61 Å². The molecule has 0 bridgehead atoms. The summed E-state index contributed by atoms with van der Waals surface area (Å²) >= 11 is 0. The molecule has 2 aromatic carbocycles. The fraction of sp³-hybridized carbons (Fsp3) is 0.381. The zero-order chi connectivity index (χ0) is 20.5. The van der Waals surface area contributed by atoms with E-state index in [-0.39, 0.29) is 18.4 Å². The average molecular weight is 393 g/mol. The molecule has 0 spiro atoms. The highest BCUT2D eigenvalue weighted by Gasteiger charge is 2.34. The first kappa shape index (κ1) is 20.0. The van der Waals surface area contributed by atoms with Gasteiger partial charge in [0.1, 0.15) is 17.1 Å². The Balaban J connectivity index is 1.67. The lowest BCUT2D eigenvalue weighted by Gasteiger charge is -2.38. The largest absolute Gasteiger partial charge is 0.487 e. The highest BCUT2D eigenvalue weighted by Crippen LogP contribution is 2.39. The number of ether oxygens (including phenoxy) is 2. The van der Waals surface area contributed by atoms with Gasteiger partial charge in [-0.3, -0.25) is 4.79 Å². The maximum atomic E-state index is 12.8. The van der Waals surface area contributed by atoms with Crippen LogP contribution in [0, 0.1) is 6.92 Å². The van der Waals surface area contributed by atoms with Crippen LogP contribution in [-0.4, -0.2) is 18.1 Å². The summed E-state index contributed by atoms with van der Waals surface area (Å²) in [5.74, 6) is 0.306. The van der Waals surface area contributed by atoms with Crippen LogP contribution < -0.4 is 14.8 Å². The normalized spacial score (nSPS) is 18.0. The van der Waals surface area contributed by atoms with Crippen LogP contribution in [0.15, 0.2) is 42.5 Å². The van der Waals surface area contributed by atoms with Crippen molar-refractivity contribution in [3.8, 4) is 11.5 Å². The molecule has 28 heavy (non-hydrogen) atoms. The molecular weight excluding hydrogens is 371 g/mol. The summed E-state index contributed by atoms with van der Waals surface area (Å²) in [6, 6.07) is 9.98. The molecular formula is C21H22F3NO3. The van der Waals surface area contributed by atoms with Gasteiger partial charge in [-0.1, -0.05) is 18.2 Å². The van der Waals surface area contributed by atoms with E-state index in [2.05, 4.69) is 5.32 Å². The number of halogens is 3. The molecule has 0 aliphatic carbocycles. The number of benzene rings is 2. The highest BCUT2D eigenvalue weighted by atomic mass is 19.4. The molecule has 0 saturated carbocycles. The van der Waals surface area contributed by atoms with E-state index in [4.69, 9.17) is 9.47 Å². The first-order valence-corrected chi connectivity index (χ1v) is 8.92. The van der Waals surface area contributed by atoms with Gasteiger partial charge in [0, 0.05) is 12.0 Å². The number of fused-ring (bicyclic) bond motifs is 1. The quantitative estimate of drug-likeness (QED) is 0.811. The third kappa shape index (κ3) is 4.77. The van der Waals surface area contributed by atoms with Gasteiger partial charge in [-0.25, -0.2) is 0 Å². The first-order chi connectivity index (χ1) is 13.0. The van der Waals surface area contributed by atoms with Gasteiger partial charge in [0.25, 0.3) is 5.91 Å². The molecule has 4 nitrogen and oxygen atoms in total. The number of alkyl halides is 3. The lowest BCUT2D eigenvalue weighted by Crippen LogP contribution is -2.42. The molecule has 0 radical (unpaired) electrons. The number of rotatable bonds is 4. The molecule has 1 aliphatic heterocycles. The molecule has 1 amide bonds. The van der Waals surface area contributed by atoms with Crippen LogP contribution >= 0.6 is 0 Å². The minimum absolute atomic E-state index is 0.00620. The summed E-state index contributed by atoms with van der Waals surface area (Å²) in [7, 11) is 0. The van der Waals surface area contributed by atoms with Gasteiger partial charge in [0.15, 0.2) is 6.61 Å². The molecule has 2 aromatic rings. The molecule has 0 fully saturated rings. The van der Waals surface area contributed by atoms with Crippen molar-refractivity contribution in [3.63, 3.8) is 0 Å². The molecule has 3 rings (SSSR count). The predicted molar refractivity (Wildman–Crippen MR) is 98.3 cm³/mol. The average Bonchev–Trinajstić information content (AvgIpc) is 2.58. The third-order valence-corrected chi connectivity index (χ3v) is 4.49. The van der Waals surface area contributed by atoms with Gasteiger partial charge in [-0.15, -0.1) is 0 Å². The lowest BCUT2D eigenvalue weighted by molar-refractivity contribution is -0.137. The minimum Gasteiger partial charge on any atom is -0.487 e. The Morgan fingerprint density at radius 2 is 2.00 bits per heavy atom. The Morgan fingerprint density at radius 1 is 1.25 bits per heavy atom. The monoisotopic (exact) mass is 393 g/mol. The molecule has 1 heterocycles. The van der Waals surface area contributed by atoms with Gasteiger partial charge >= 0.3 is 6.18 Å².